The van der Waals surface area contributed by atoms with Crippen molar-refractivity contribution >= 4 is 54.7 Å². The zero-order valence-corrected chi connectivity index (χ0v) is 9.29. The monoisotopic (exact) mass is 296 g/mol. The largest absolute Gasteiger partial charge is 0.391 e. The molecule has 0 saturated heterocycles. The molecule has 0 aromatic carbocycles. The van der Waals surface area contributed by atoms with Gasteiger partial charge in [-0.15, -0.1) is 22.7 Å². The second-order valence-corrected chi connectivity index (χ2v) is 6.51. The van der Waals surface area contributed by atoms with Crippen LogP contribution in [-0.2, 0) is 6.61 Å². The minimum atomic E-state index is 0.169. The maximum atomic E-state index is 8.84. The lowest BCUT2D eigenvalue weighted by atomic mass is 10.4. The van der Waals surface area contributed by atoms with E-state index in [9.17, 15) is 0 Å². The Balaban J connectivity index is 2.64. The van der Waals surface area contributed by atoms with Gasteiger partial charge in [0.2, 0.25) is 0 Å². The fraction of sp³-hybridized carbons (Fsp3) is 0.143. The Bertz CT molecular complexity index is 345. The van der Waals surface area contributed by atoms with Crippen LogP contribution in [0.3, 0.4) is 0 Å². The van der Waals surface area contributed by atoms with Crippen LogP contribution in [0.4, 0.5) is 0 Å². The zero-order valence-electron chi connectivity index (χ0n) is 5.50. The first-order chi connectivity index (χ1) is 5.29. The van der Waals surface area contributed by atoms with Crippen LogP contribution in [0.1, 0.15) is 4.88 Å². The molecule has 2 rings (SSSR count). The second-order valence-electron chi connectivity index (χ2n) is 2.16. The second kappa shape index (κ2) is 3.01. The highest BCUT2D eigenvalue weighted by atomic mass is 127. The molecule has 0 atom stereocenters. The lowest BCUT2D eigenvalue weighted by Crippen LogP contribution is -1.70. The van der Waals surface area contributed by atoms with Gasteiger partial charge in [0.25, 0.3) is 0 Å². The van der Waals surface area contributed by atoms with E-state index in [0.29, 0.717) is 0 Å². The van der Waals surface area contributed by atoms with Crippen LogP contribution < -0.4 is 0 Å². The van der Waals surface area contributed by atoms with Gasteiger partial charge in [0, 0.05) is 10.3 Å². The molecule has 0 radical (unpaired) electrons. The molecule has 1 N–H and O–H groups in total. The lowest BCUT2D eigenvalue weighted by Gasteiger charge is -1.81. The molecule has 1 nitrogen and oxygen atoms in total. The predicted molar refractivity (Wildman–Crippen MR) is 58.3 cm³/mol. The summed E-state index contributed by atoms with van der Waals surface area (Å²) < 4.78 is 2.63. The number of hydrogen-bond donors (Lipinski definition) is 1. The molecule has 0 spiro atoms. The van der Waals surface area contributed by atoms with Crippen molar-refractivity contribution < 1.29 is 5.11 Å². The van der Waals surface area contributed by atoms with Gasteiger partial charge in [0.1, 0.15) is 0 Å². The van der Waals surface area contributed by atoms with Crippen LogP contribution in [0.5, 0.6) is 0 Å². The van der Waals surface area contributed by atoms with Crippen molar-refractivity contribution in [2.45, 2.75) is 6.61 Å². The smallest absolute Gasteiger partial charge is 0.0880 e. The molecule has 0 aliphatic heterocycles. The predicted octanol–water partition coefficient (Wildman–Crippen LogP) is 3.06. The summed E-state index contributed by atoms with van der Waals surface area (Å²) in [7, 11) is 0. The maximum absolute atomic E-state index is 8.84. The summed E-state index contributed by atoms with van der Waals surface area (Å²) >= 11 is 5.78. The first-order valence-electron chi connectivity index (χ1n) is 3.08. The van der Waals surface area contributed by atoms with E-state index in [1.165, 1.54) is 12.3 Å². The average molecular weight is 296 g/mol. The highest BCUT2D eigenvalue weighted by Gasteiger charge is 2.03. The van der Waals surface area contributed by atoms with Crippen molar-refractivity contribution in [1.29, 1.82) is 0 Å². The van der Waals surface area contributed by atoms with Gasteiger partial charge >= 0.3 is 0 Å². The molecule has 4 heteroatoms. The Morgan fingerprint density at radius 3 is 2.82 bits per heavy atom. The number of aliphatic hydroxyl groups excluding tert-OH is 1. The molecule has 0 bridgehead atoms. The third kappa shape index (κ3) is 1.44. The average Bonchev–Trinajstić information content (AvgIpc) is 2.43. The van der Waals surface area contributed by atoms with Gasteiger partial charge in [0.15, 0.2) is 0 Å². The van der Waals surface area contributed by atoms with Crippen molar-refractivity contribution in [2.24, 2.45) is 0 Å². The third-order valence-electron chi connectivity index (χ3n) is 1.39. The summed E-state index contributed by atoms with van der Waals surface area (Å²) in [6, 6.07) is 4.20. The molecular weight excluding hydrogens is 291 g/mol. The number of rotatable bonds is 1. The topological polar surface area (TPSA) is 20.2 Å². The van der Waals surface area contributed by atoms with E-state index in [2.05, 4.69) is 34.7 Å². The van der Waals surface area contributed by atoms with E-state index in [-0.39, 0.29) is 6.61 Å². The van der Waals surface area contributed by atoms with E-state index in [0.717, 1.165) is 4.88 Å². The molecule has 0 aliphatic carbocycles. The van der Waals surface area contributed by atoms with Gasteiger partial charge in [-0.2, -0.15) is 0 Å². The number of aliphatic hydroxyl groups is 1. The highest BCUT2D eigenvalue weighted by molar-refractivity contribution is 14.1. The number of halogens is 1. The van der Waals surface area contributed by atoms with E-state index in [1.807, 2.05) is 0 Å². The molecule has 58 valence electrons. The van der Waals surface area contributed by atoms with E-state index >= 15 is 0 Å². The minimum Gasteiger partial charge on any atom is -0.391 e. The van der Waals surface area contributed by atoms with Crippen LogP contribution in [0, 0.1) is 2.88 Å². The summed E-state index contributed by atoms with van der Waals surface area (Å²) in [6.07, 6.45) is 0. The van der Waals surface area contributed by atoms with Gasteiger partial charge in [-0.1, -0.05) is 0 Å². The normalized spacial score (nSPS) is 11.1. The van der Waals surface area contributed by atoms with Crippen LogP contribution in [0.25, 0.3) is 9.40 Å². The molecule has 0 saturated carbocycles. The quantitative estimate of drug-likeness (QED) is 0.802. The third-order valence-corrected chi connectivity index (χ3v) is 4.53. The number of thiophene rings is 2. The fourth-order valence-electron chi connectivity index (χ4n) is 0.938. The van der Waals surface area contributed by atoms with Crippen LogP contribution in [-0.4, -0.2) is 5.11 Å². The summed E-state index contributed by atoms with van der Waals surface area (Å²) in [6.45, 7) is 0.169. The van der Waals surface area contributed by atoms with E-state index in [4.69, 9.17) is 5.11 Å². The molecule has 11 heavy (non-hydrogen) atoms. The van der Waals surface area contributed by atoms with E-state index < -0.39 is 0 Å². The van der Waals surface area contributed by atoms with Gasteiger partial charge in [0.05, 0.1) is 13.5 Å². The van der Waals surface area contributed by atoms with Crippen LogP contribution in [0.2, 0.25) is 0 Å². The summed E-state index contributed by atoms with van der Waals surface area (Å²) in [5.74, 6) is 0. The van der Waals surface area contributed by atoms with Crippen molar-refractivity contribution in [1.82, 2.24) is 0 Å². The van der Waals surface area contributed by atoms with Crippen molar-refractivity contribution in [3.05, 3.63) is 19.9 Å². The lowest BCUT2D eigenvalue weighted by molar-refractivity contribution is 0.285. The van der Waals surface area contributed by atoms with Crippen molar-refractivity contribution in [3.63, 3.8) is 0 Å². The summed E-state index contributed by atoms with van der Waals surface area (Å²) in [4.78, 5) is 1.06. The number of fused-ring (bicyclic) bond motifs is 1. The van der Waals surface area contributed by atoms with Crippen molar-refractivity contribution in [3.8, 4) is 0 Å². The summed E-state index contributed by atoms with van der Waals surface area (Å²) in [5, 5.41) is 10.1. The first-order valence-corrected chi connectivity index (χ1v) is 5.79. The Hall–Kier alpha value is 0.350. The molecule has 0 fully saturated rings. The van der Waals surface area contributed by atoms with Gasteiger partial charge in [-0.25, -0.2) is 0 Å². The fourth-order valence-corrected chi connectivity index (χ4v) is 4.46. The van der Waals surface area contributed by atoms with Crippen molar-refractivity contribution in [2.75, 3.05) is 0 Å². The Labute approximate surface area is 85.8 Å². The Morgan fingerprint density at radius 1 is 1.36 bits per heavy atom. The van der Waals surface area contributed by atoms with Gasteiger partial charge < -0.3 is 5.11 Å². The molecule has 2 aromatic rings. The first kappa shape index (κ1) is 7.97. The highest BCUT2D eigenvalue weighted by Crippen LogP contribution is 2.33. The van der Waals surface area contributed by atoms with Crippen LogP contribution >= 0.6 is 45.3 Å². The Morgan fingerprint density at radius 2 is 2.18 bits per heavy atom. The molecule has 0 aliphatic rings. The SMILES string of the molecule is OCc1cc2cc(I)sc2s1. The molecule has 0 unspecified atom stereocenters. The molecular formula is C7H5IOS2. The molecule has 2 heterocycles. The van der Waals surface area contributed by atoms with E-state index in [1.54, 1.807) is 22.7 Å². The molecule has 0 amide bonds. The maximum Gasteiger partial charge on any atom is 0.0880 e. The standard InChI is InChI=1S/C7H5IOS2/c8-6-2-4-1-5(3-9)10-7(4)11-6/h1-2,9H,3H2. The van der Waals surface area contributed by atoms with Crippen LogP contribution in [0.15, 0.2) is 12.1 Å². The minimum absolute atomic E-state index is 0.169. The van der Waals surface area contributed by atoms with Gasteiger partial charge in [-0.05, 0) is 34.7 Å². The number of hydrogen-bond acceptors (Lipinski definition) is 3. The molecule has 2 aromatic heterocycles. The summed E-state index contributed by atoms with van der Waals surface area (Å²) in [5.41, 5.74) is 0. The zero-order chi connectivity index (χ0) is 7.84. The van der Waals surface area contributed by atoms with Gasteiger partial charge in [-0.3, -0.25) is 0 Å². The Kier molecular flexibility index (Phi) is 2.18.